The van der Waals surface area contributed by atoms with Crippen molar-refractivity contribution in [3.63, 3.8) is 0 Å². The summed E-state index contributed by atoms with van der Waals surface area (Å²) in [7, 11) is 2.13. The molecular formula is C7H14N. The monoisotopic (exact) mass is 112 g/mol. The van der Waals surface area contributed by atoms with Gasteiger partial charge in [0, 0.05) is 6.54 Å². The van der Waals surface area contributed by atoms with Crippen molar-refractivity contribution in [1.29, 1.82) is 0 Å². The van der Waals surface area contributed by atoms with E-state index in [-0.39, 0.29) is 0 Å². The first-order chi connectivity index (χ1) is 3.83. The molecule has 0 bridgehead atoms. The molecule has 1 heteroatoms. The molecule has 8 heavy (non-hydrogen) atoms. The van der Waals surface area contributed by atoms with Crippen molar-refractivity contribution in [2.45, 2.75) is 12.8 Å². The molecule has 1 aliphatic carbocycles. The Morgan fingerprint density at radius 3 is 2.62 bits per heavy atom. The van der Waals surface area contributed by atoms with Crippen LogP contribution in [0.15, 0.2) is 0 Å². The molecule has 0 saturated heterocycles. The quantitative estimate of drug-likeness (QED) is 0.529. The first-order valence-electron chi connectivity index (χ1n) is 3.30. The van der Waals surface area contributed by atoms with Gasteiger partial charge in [0.15, 0.2) is 0 Å². The minimum Gasteiger partial charge on any atom is -0.306 e. The van der Waals surface area contributed by atoms with E-state index in [2.05, 4.69) is 18.9 Å². The Balaban J connectivity index is 1.98. The standard InChI is InChI=1S/C7H14N/c1-3-8(2)6-7-4-5-7/h7H,1,3-6H2,2H3. The molecule has 1 aliphatic rings. The van der Waals surface area contributed by atoms with E-state index in [0.717, 1.165) is 12.5 Å². The molecule has 1 nitrogen and oxygen atoms in total. The van der Waals surface area contributed by atoms with Crippen LogP contribution < -0.4 is 0 Å². The normalized spacial score (nSPS) is 19.9. The lowest BCUT2D eigenvalue weighted by Crippen LogP contribution is -2.20. The fourth-order valence-electron chi connectivity index (χ4n) is 0.832. The Morgan fingerprint density at radius 1 is 1.62 bits per heavy atom. The van der Waals surface area contributed by atoms with Crippen molar-refractivity contribution < 1.29 is 0 Å². The molecule has 0 atom stereocenters. The maximum atomic E-state index is 3.79. The van der Waals surface area contributed by atoms with Gasteiger partial charge < -0.3 is 4.90 Å². The molecule has 0 heterocycles. The topological polar surface area (TPSA) is 3.24 Å². The Bertz CT molecular complexity index is 66.8. The Morgan fingerprint density at radius 2 is 2.25 bits per heavy atom. The minimum atomic E-state index is 0.955. The Hall–Kier alpha value is -0.0400. The first kappa shape index (κ1) is 6.09. The van der Waals surface area contributed by atoms with Crippen molar-refractivity contribution in [3.8, 4) is 0 Å². The van der Waals surface area contributed by atoms with Crippen molar-refractivity contribution in [3.05, 3.63) is 6.92 Å². The third-order valence-electron chi connectivity index (χ3n) is 1.65. The summed E-state index contributed by atoms with van der Waals surface area (Å²) in [4.78, 5) is 2.28. The second kappa shape index (κ2) is 2.49. The summed E-state index contributed by atoms with van der Waals surface area (Å²) >= 11 is 0. The number of rotatable bonds is 3. The van der Waals surface area contributed by atoms with Gasteiger partial charge in [0.2, 0.25) is 0 Å². The van der Waals surface area contributed by atoms with Crippen LogP contribution in [0.25, 0.3) is 0 Å². The van der Waals surface area contributed by atoms with Gasteiger partial charge in [0.1, 0.15) is 0 Å². The van der Waals surface area contributed by atoms with Gasteiger partial charge >= 0.3 is 0 Å². The maximum Gasteiger partial charge on any atom is 0.000661 e. The summed E-state index contributed by atoms with van der Waals surface area (Å²) < 4.78 is 0. The second-order valence-corrected chi connectivity index (χ2v) is 2.71. The highest BCUT2D eigenvalue weighted by Crippen LogP contribution is 2.28. The highest BCUT2D eigenvalue weighted by Gasteiger charge is 2.21. The lowest BCUT2D eigenvalue weighted by atomic mass is 10.4. The molecule has 0 aliphatic heterocycles. The predicted octanol–water partition coefficient (Wildman–Crippen LogP) is 1.16. The van der Waals surface area contributed by atoms with Gasteiger partial charge in [-0.1, -0.05) is 0 Å². The Kier molecular flexibility index (Phi) is 1.90. The van der Waals surface area contributed by atoms with Gasteiger partial charge in [-0.05, 0) is 39.3 Å². The molecule has 0 aromatic rings. The summed E-state index contributed by atoms with van der Waals surface area (Å²) in [6.45, 7) is 6.01. The van der Waals surface area contributed by atoms with Gasteiger partial charge in [-0.25, -0.2) is 0 Å². The van der Waals surface area contributed by atoms with Crippen LogP contribution in [0.2, 0.25) is 0 Å². The van der Waals surface area contributed by atoms with E-state index in [1.807, 2.05) is 0 Å². The number of hydrogen-bond donors (Lipinski definition) is 0. The summed E-state index contributed by atoms with van der Waals surface area (Å²) in [6, 6.07) is 0. The van der Waals surface area contributed by atoms with E-state index in [0.29, 0.717) is 0 Å². The van der Waals surface area contributed by atoms with Crippen LogP contribution in [0.3, 0.4) is 0 Å². The summed E-state index contributed by atoms with van der Waals surface area (Å²) in [5.41, 5.74) is 0. The zero-order valence-electron chi connectivity index (χ0n) is 5.56. The van der Waals surface area contributed by atoms with Crippen LogP contribution in [0.5, 0.6) is 0 Å². The molecule has 47 valence electrons. The molecule has 0 N–H and O–H groups in total. The number of nitrogens with zero attached hydrogens (tertiary/aromatic N) is 1. The summed E-state index contributed by atoms with van der Waals surface area (Å²) in [5.74, 6) is 1.02. The van der Waals surface area contributed by atoms with Crippen LogP contribution in [0.4, 0.5) is 0 Å². The highest BCUT2D eigenvalue weighted by molar-refractivity contribution is 4.75. The molecular weight excluding hydrogens is 98.1 g/mol. The molecule has 0 aromatic carbocycles. The lowest BCUT2D eigenvalue weighted by molar-refractivity contribution is 0.352. The summed E-state index contributed by atoms with van der Waals surface area (Å²) in [5, 5.41) is 0. The molecule has 0 unspecified atom stereocenters. The number of hydrogen-bond acceptors (Lipinski definition) is 1. The average molecular weight is 112 g/mol. The van der Waals surface area contributed by atoms with E-state index in [4.69, 9.17) is 0 Å². The maximum absolute atomic E-state index is 3.79. The van der Waals surface area contributed by atoms with Crippen molar-refractivity contribution in [2.24, 2.45) is 5.92 Å². The van der Waals surface area contributed by atoms with E-state index in [1.54, 1.807) is 0 Å². The van der Waals surface area contributed by atoms with Gasteiger partial charge in [-0.3, -0.25) is 0 Å². The molecule has 1 fully saturated rings. The SMILES string of the molecule is [CH2]CN(C)CC1CC1. The second-order valence-electron chi connectivity index (χ2n) is 2.71. The zero-order chi connectivity index (χ0) is 5.98. The highest BCUT2D eigenvalue weighted by atomic mass is 15.1. The van der Waals surface area contributed by atoms with Crippen LogP contribution >= 0.6 is 0 Å². The summed E-state index contributed by atoms with van der Waals surface area (Å²) in [6.07, 6.45) is 2.90. The molecule has 1 rings (SSSR count). The van der Waals surface area contributed by atoms with E-state index in [9.17, 15) is 0 Å². The molecule has 1 radical (unpaired) electrons. The molecule has 1 saturated carbocycles. The fraction of sp³-hybridized carbons (Fsp3) is 0.857. The van der Waals surface area contributed by atoms with Crippen LogP contribution in [0, 0.1) is 12.8 Å². The van der Waals surface area contributed by atoms with Crippen molar-refractivity contribution >= 4 is 0 Å². The van der Waals surface area contributed by atoms with Crippen molar-refractivity contribution in [2.75, 3.05) is 20.1 Å². The first-order valence-corrected chi connectivity index (χ1v) is 3.30. The third-order valence-corrected chi connectivity index (χ3v) is 1.65. The minimum absolute atomic E-state index is 0.955. The van der Waals surface area contributed by atoms with Crippen LogP contribution in [-0.2, 0) is 0 Å². The zero-order valence-corrected chi connectivity index (χ0v) is 5.56. The van der Waals surface area contributed by atoms with Gasteiger partial charge in [0.05, 0.1) is 0 Å². The Labute approximate surface area is 51.7 Å². The van der Waals surface area contributed by atoms with Gasteiger partial charge in [0.25, 0.3) is 0 Å². The van der Waals surface area contributed by atoms with Gasteiger partial charge in [-0.15, -0.1) is 0 Å². The molecule has 0 amide bonds. The smallest absolute Gasteiger partial charge is 0.000661 e. The van der Waals surface area contributed by atoms with Crippen LogP contribution in [0.1, 0.15) is 12.8 Å². The van der Waals surface area contributed by atoms with Crippen molar-refractivity contribution in [1.82, 2.24) is 4.90 Å². The van der Waals surface area contributed by atoms with E-state index in [1.165, 1.54) is 19.4 Å². The largest absolute Gasteiger partial charge is 0.306 e. The molecule has 0 aromatic heterocycles. The van der Waals surface area contributed by atoms with Gasteiger partial charge in [-0.2, -0.15) is 0 Å². The fourth-order valence-corrected chi connectivity index (χ4v) is 0.832. The predicted molar refractivity (Wildman–Crippen MR) is 35.6 cm³/mol. The van der Waals surface area contributed by atoms with E-state index < -0.39 is 0 Å². The van der Waals surface area contributed by atoms with E-state index >= 15 is 0 Å². The lowest BCUT2D eigenvalue weighted by Gasteiger charge is -2.11. The average Bonchev–Trinajstić information content (AvgIpc) is 2.50. The third kappa shape index (κ3) is 1.83. The van der Waals surface area contributed by atoms with Crippen LogP contribution in [-0.4, -0.2) is 25.0 Å². The molecule has 0 spiro atoms.